The highest BCUT2D eigenvalue weighted by Gasteiger charge is 2.17. The number of carbonyl (C=O) groups is 1. The number of aromatic hydroxyl groups is 1. The molecule has 0 saturated carbocycles. The number of nitrogens with zero attached hydrogens (tertiary/aromatic N) is 1. The molecule has 0 aliphatic rings. The van der Waals surface area contributed by atoms with Gasteiger partial charge in [-0.1, -0.05) is 12.1 Å². The second-order valence-electron chi connectivity index (χ2n) is 5.55. The van der Waals surface area contributed by atoms with Gasteiger partial charge in [-0.2, -0.15) is 0 Å². The molecule has 0 heterocycles. The minimum atomic E-state index is -0.736. The minimum Gasteiger partial charge on any atom is -0.508 e. The Balaban J connectivity index is 2.57. The van der Waals surface area contributed by atoms with Crippen LogP contribution >= 0.6 is 0 Å². The largest absolute Gasteiger partial charge is 0.508 e. The molecule has 0 bridgehead atoms. The molecule has 0 fully saturated rings. The average molecular weight is 279 g/mol. The third kappa shape index (κ3) is 5.61. The second kappa shape index (κ2) is 7.90. The summed E-state index contributed by atoms with van der Waals surface area (Å²) in [5.41, 5.74) is 1.18. The second-order valence-corrected chi connectivity index (χ2v) is 5.55. The maximum Gasteiger partial charge on any atom is 0.303 e. The smallest absolute Gasteiger partial charge is 0.303 e. The van der Waals surface area contributed by atoms with Crippen molar-refractivity contribution in [2.75, 3.05) is 6.54 Å². The Labute approximate surface area is 121 Å². The van der Waals surface area contributed by atoms with E-state index in [1.807, 2.05) is 12.1 Å². The highest BCUT2D eigenvalue weighted by atomic mass is 16.4. The van der Waals surface area contributed by atoms with Crippen LogP contribution in [0.25, 0.3) is 0 Å². The standard InChI is InChI=1S/C16H25NO3/c1-12(2)17(10-4-5-16(19)20)13(3)11-14-6-8-15(18)9-7-14/h6-9,12-13,18H,4-5,10-11H2,1-3H3,(H,19,20). The lowest BCUT2D eigenvalue weighted by atomic mass is 10.0. The summed E-state index contributed by atoms with van der Waals surface area (Å²) in [5.74, 6) is -0.455. The van der Waals surface area contributed by atoms with E-state index in [-0.39, 0.29) is 12.2 Å². The zero-order valence-electron chi connectivity index (χ0n) is 12.5. The van der Waals surface area contributed by atoms with E-state index in [2.05, 4.69) is 25.7 Å². The molecule has 1 aromatic carbocycles. The van der Waals surface area contributed by atoms with Crippen molar-refractivity contribution in [1.29, 1.82) is 0 Å². The van der Waals surface area contributed by atoms with Gasteiger partial charge in [0.25, 0.3) is 0 Å². The summed E-state index contributed by atoms with van der Waals surface area (Å²) < 4.78 is 0. The van der Waals surface area contributed by atoms with Gasteiger partial charge in [0.1, 0.15) is 5.75 Å². The van der Waals surface area contributed by atoms with E-state index in [1.165, 1.54) is 5.56 Å². The van der Waals surface area contributed by atoms with Crippen molar-refractivity contribution >= 4 is 5.97 Å². The van der Waals surface area contributed by atoms with Crippen LogP contribution in [0.4, 0.5) is 0 Å². The van der Waals surface area contributed by atoms with Gasteiger partial charge in [-0.15, -0.1) is 0 Å². The molecule has 0 aromatic heterocycles. The molecular formula is C16H25NO3. The molecular weight excluding hydrogens is 254 g/mol. The number of phenolic OH excluding ortho intramolecular Hbond substituents is 1. The summed E-state index contributed by atoms with van der Waals surface area (Å²) in [5, 5.41) is 18.0. The Hall–Kier alpha value is -1.55. The summed E-state index contributed by atoms with van der Waals surface area (Å²) in [6.07, 6.45) is 1.79. The zero-order valence-corrected chi connectivity index (χ0v) is 12.5. The van der Waals surface area contributed by atoms with Crippen molar-refractivity contribution in [2.24, 2.45) is 0 Å². The first-order chi connectivity index (χ1) is 9.40. The Morgan fingerprint density at radius 1 is 1.20 bits per heavy atom. The van der Waals surface area contributed by atoms with Crippen LogP contribution in [0.15, 0.2) is 24.3 Å². The number of rotatable bonds is 8. The zero-order chi connectivity index (χ0) is 15.1. The number of hydrogen-bond donors (Lipinski definition) is 2. The summed E-state index contributed by atoms with van der Waals surface area (Å²) in [6.45, 7) is 7.22. The minimum absolute atomic E-state index is 0.217. The number of hydrogen-bond acceptors (Lipinski definition) is 3. The van der Waals surface area contributed by atoms with Crippen LogP contribution < -0.4 is 0 Å². The Bertz CT molecular complexity index is 414. The molecule has 0 aliphatic carbocycles. The third-order valence-electron chi connectivity index (χ3n) is 3.50. The Kier molecular flexibility index (Phi) is 6.52. The first-order valence-corrected chi connectivity index (χ1v) is 7.15. The molecule has 1 aromatic rings. The molecule has 0 radical (unpaired) electrons. The summed E-state index contributed by atoms with van der Waals surface area (Å²) in [6, 6.07) is 7.99. The SMILES string of the molecule is CC(C)N(CCCC(=O)O)C(C)Cc1ccc(O)cc1. The van der Waals surface area contributed by atoms with Gasteiger partial charge >= 0.3 is 5.97 Å². The number of carboxylic acids is 1. The molecule has 2 N–H and O–H groups in total. The predicted molar refractivity (Wildman–Crippen MR) is 80.0 cm³/mol. The number of benzene rings is 1. The fraction of sp³-hybridized carbons (Fsp3) is 0.562. The molecule has 20 heavy (non-hydrogen) atoms. The van der Waals surface area contributed by atoms with Crippen molar-refractivity contribution in [2.45, 2.75) is 52.1 Å². The molecule has 4 nitrogen and oxygen atoms in total. The van der Waals surface area contributed by atoms with Gasteiger partial charge in [0.05, 0.1) is 0 Å². The normalized spacial score (nSPS) is 12.8. The Morgan fingerprint density at radius 2 is 1.80 bits per heavy atom. The number of carboxylic acid groups (broad SMARTS) is 1. The lowest BCUT2D eigenvalue weighted by Gasteiger charge is -2.32. The van der Waals surface area contributed by atoms with Gasteiger partial charge in [0, 0.05) is 18.5 Å². The lowest BCUT2D eigenvalue weighted by Crippen LogP contribution is -2.40. The van der Waals surface area contributed by atoms with E-state index in [9.17, 15) is 9.90 Å². The van der Waals surface area contributed by atoms with E-state index in [4.69, 9.17) is 5.11 Å². The molecule has 112 valence electrons. The highest BCUT2D eigenvalue weighted by Crippen LogP contribution is 2.15. The average Bonchev–Trinajstić information content (AvgIpc) is 2.36. The third-order valence-corrected chi connectivity index (χ3v) is 3.50. The molecule has 1 rings (SSSR count). The topological polar surface area (TPSA) is 60.8 Å². The first-order valence-electron chi connectivity index (χ1n) is 7.15. The van der Waals surface area contributed by atoms with Crippen LogP contribution in [0.3, 0.4) is 0 Å². The number of phenols is 1. The van der Waals surface area contributed by atoms with Crippen molar-refractivity contribution in [3.8, 4) is 5.75 Å². The lowest BCUT2D eigenvalue weighted by molar-refractivity contribution is -0.137. The quantitative estimate of drug-likeness (QED) is 0.768. The van der Waals surface area contributed by atoms with Crippen LogP contribution in [-0.2, 0) is 11.2 Å². The van der Waals surface area contributed by atoms with E-state index >= 15 is 0 Å². The molecule has 0 saturated heterocycles. The van der Waals surface area contributed by atoms with Crippen LogP contribution in [0, 0.1) is 0 Å². The van der Waals surface area contributed by atoms with Gasteiger partial charge in [0.2, 0.25) is 0 Å². The van der Waals surface area contributed by atoms with E-state index in [1.54, 1.807) is 12.1 Å². The fourth-order valence-corrected chi connectivity index (χ4v) is 2.49. The van der Waals surface area contributed by atoms with Crippen molar-refractivity contribution in [3.63, 3.8) is 0 Å². The highest BCUT2D eigenvalue weighted by molar-refractivity contribution is 5.66. The van der Waals surface area contributed by atoms with Gasteiger partial charge in [0.15, 0.2) is 0 Å². The van der Waals surface area contributed by atoms with Crippen LogP contribution in [0.1, 0.15) is 39.2 Å². The molecule has 1 unspecified atom stereocenters. The van der Waals surface area contributed by atoms with Gasteiger partial charge in [-0.25, -0.2) is 0 Å². The van der Waals surface area contributed by atoms with Gasteiger partial charge in [-0.05, 0) is 57.9 Å². The molecule has 0 aliphatic heterocycles. The number of aliphatic carboxylic acids is 1. The van der Waals surface area contributed by atoms with Crippen molar-refractivity contribution < 1.29 is 15.0 Å². The van der Waals surface area contributed by atoms with Crippen molar-refractivity contribution in [1.82, 2.24) is 4.90 Å². The maximum atomic E-state index is 10.6. The van der Waals surface area contributed by atoms with Crippen LogP contribution in [-0.4, -0.2) is 39.7 Å². The summed E-state index contributed by atoms with van der Waals surface area (Å²) in [7, 11) is 0. The fourth-order valence-electron chi connectivity index (χ4n) is 2.49. The first kappa shape index (κ1) is 16.5. The van der Waals surface area contributed by atoms with E-state index in [0.29, 0.717) is 18.5 Å². The predicted octanol–water partition coefficient (Wildman–Crippen LogP) is 2.90. The van der Waals surface area contributed by atoms with Gasteiger partial charge < -0.3 is 10.2 Å². The Morgan fingerprint density at radius 3 is 2.30 bits per heavy atom. The van der Waals surface area contributed by atoms with Crippen molar-refractivity contribution in [3.05, 3.63) is 29.8 Å². The molecule has 0 spiro atoms. The molecule has 1 atom stereocenters. The monoisotopic (exact) mass is 279 g/mol. The molecule has 4 heteroatoms. The summed E-state index contributed by atoms with van der Waals surface area (Å²) in [4.78, 5) is 12.9. The van der Waals surface area contributed by atoms with Gasteiger partial charge in [-0.3, -0.25) is 9.69 Å². The maximum absolute atomic E-state index is 10.6. The van der Waals surface area contributed by atoms with E-state index < -0.39 is 5.97 Å². The van der Waals surface area contributed by atoms with Crippen LogP contribution in [0.2, 0.25) is 0 Å². The van der Waals surface area contributed by atoms with Crippen LogP contribution in [0.5, 0.6) is 5.75 Å². The van der Waals surface area contributed by atoms with E-state index in [0.717, 1.165) is 13.0 Å². The molecule has 0 amide bonds. The summed E-state index contributed by atoms with van der Waals surface area (Å²) >= 11 is 0.